The number of carbonyl (C=O) groups excluding carboxylic acids is 1. The monoisotopic (exact) mass is 290 g/mol. The molecule has 1 N–H and O–H groups in total. The SMILES string of the molecule is CC1(C)C[C@]2(C)OC(=O)[C@H](c3ccccc3)N2C(=S)N1. The van der Waals surface area contributed by atoms with Crippen LogP contribution < -0.4 is 5.32 Å². The minimum atomic E-state index is -0.677. The third kappa shape index (κ3) is 1.97. The fourth-order valence-electron chi connectivity index (χ4n) is 3.29. The molecule has 2 heterocycles. The predicted molar refractivity (Wildman–Crippen MR) is 79.9 cm³/mol. The van der Waals surface area contributed by atoms with E-state index in [-0.39, 0.29) is 11.5 Å². The Bertz CT molecular complexity index is 572. The van der Waals surface area contributed by atoms with Gasteiger partial charge in [0.15, 0.2) is 16.9 Å². The van der Waals surface area contributed by atoms with Gasteiger partial charge in [0.2, 0.25) is 0 Å². The van der Waals surface area contributed by atoms with E-state index in [0.717, 1.165) is 5.56 Å². The lowest BCUT2D eigenvalue weighted by Crippen LogP contribution is -2.64. The zero-order valence-electron chi connectivity index (χ0n) is 11.8. The molecule has 0 radical (unpaired) electrons. The summed E-state index contributed by atoms with van der Waals surface area (Å²) >= 11 is 5.48. The van der Waals surface area contributed by atoms with Crippen molar-refractivity contribution >= 4 is 23.3 Å². The molecule has 0 saturated carbocycles. The van der Waals surface area contributed by atoms with Crippen molar-refractivity contribution in [2.24, 2.45) is 0 Å². The molecule has 1 aromatic rings. The summed E-state index contributed by atoms with van der Waals surface area (Å²) in [5.41, 5.74) is 0.0440. The molecule has 3 rings (SSSR count). The zero-order chi connectivity index (χ0) is 14.5. The van der Waals surface area contributed by atoms with E-state index in [2.05, 4.69) is 19.2 Å². The lowest BCUT2D eigenvalue weighted by molar-refractivity contribution is -0.153. The van der Waals surface area contributed by atoms with Crippen LogP contribution in [0.5, 0.6) is 0 Å². The number of thiocarbonyl (C=S) groups is 1. The molecule has 0 aromatic heterocycles. The Morgan fingerprint density at radius 3 is 2.60 bits per heavy atom. The van der Waals surface area contributed by atoms with Gasteiger partial charge in [-0.15, -0.1) is 0 Å². The van der Waals surface area contributed by atoms with Crippen LogP contribution in [0.2, 0.25) is 0 Å². The zero-order valence-corrected chi connectivity index (χ0v) is 12.7. The van der Waals surface area contributed by atoms with E-state index in [9.17, 15) is 4.79 Å². The lowest BCUT2D eigenvalue weighted by atomic mass is 9.89. The van der Waals surface area contributed by atoms with Gasteiger partial charge in [0, 0.05) is 12.0 Å². The highest BCUT2D eigenvalue weighted by Crippen LogP contribution is 2.44. The van der Waals surface area contributed by atoms with Gasteiger partial charge in [0.05, 0.1) is 0 Å². The molecule has 20 heavy (non-hydrogen) atoms. The normalized spacial score (nSPS) is 31.6. The van der Waals surface area contributed by atoms with E-state index in [1.807, 2.05) is 42.2 Å². The molecule has 2 aliphatic rings. The van der Waals surface area contributed by atoms with Crippen molar-refractivity contribution in [3.8, 4) is 0 Å². The first-order valence-corrected chi connectivity index (χ1v) is 7.13. The number of esters is 1. The second-order valence-electron chi connectivity index (χ2n) is 6.27. The fourth-order valence-corrected chi connectivity index (χ4v) is 3.86. The highest BCUT2D eigenvalue weighted by molar-refractivity contribution is 7.80. The quantitative estimate of drug-likeness (QED) is 0.635. The number of ether oxygens (including phenoxy) is 1. The van der Waals surface area contributed by atoms with Crippen molar-refractivity contribution in [3.63, 3.8) is 0 Å². The molecular weight excluding hydrogens is 272 g/mol. The number of nitrogens with zero attached hydrogens (tertiary/aromatic N) is 1. The number of hydrogen-bond donors (Lipinski definition) is 1. The first kappa shape index (κ1) is 13.4. The summed E-state index contributed by atoms with van der Waals surface area (Å²) in [5, 5.41) is 3.87. The lowest BCUT2D eigenvalue weighted by Gasteiger charge is -2.48. The Morgan fingerprint density at radius 1 is 1.30 bits per heavy atom. The van der Waals surface area contributed by atoms with Crippen LogP contribution in [-0.4, -0.2) is 27.2 Å². The van der Waals surface area contributed by atoms with Crippen molar-refractivity contribution in [2.75, 3.05) is 0 Å². The third-order valence-corrected chi connectivity index (χ3v) is 4.16. The number of rotatable bonds is 1. The Morgan fingerprint density at radius 2 is 1.95 bits per heavy atom. The standard InChI is InChI=1S/C15H18N2O2S/c1-14(2)9-15(3)17(13(20)16-14)11(12(18)19-15)10-7-5-4-6-8-10/h4-8,11H,9H2,1-3H3,(H,16,20)/t11-,15-/m0/s1. The molecule has 0 bridgehead atoms. The largest absolute Gasteiger partial charge is 0.437 e. The Hall–Kier alpha value is -1.62. The molecule has 0 amide bonds. The Balaban J connectivity index is 2.03. The van der Waals surface area contributed by atoms with Gasteiger partial charge in [0.25, 0.3) is 0 Å². The molecule has 2 atom stereocenters. The van der Waals surface area contributed by atoms with Crippen LogP contribution in [-0.2, 0) is 9.53 Å². The molecule has 2 saturated heterocycles. The summed E-state index contributed by atoms with van der Waals surface area (Å²) < 4.78 is 5.69. The van der Waals surface area contributed by atoms with Crippen LogP contribution >= 0.6 is 12.2 Å². The summed E-state index contributed by atoms with van der Waals surface area (Å²) in [7, 11) is 0. The van der Waals surface area contributed by atoms with E-state index in [1.165, 1.54) is 0 Å². The summed E-state index contributed by atoms with van der Waals surface area (Å²) in [6.07, 6.45) is 0.690. The number of fused-ring (bicyclic) bond motifs is 1. The Kier molecular flexibility index (Phi) is 2.80. The fraction of sp³-hybridized carbons (Fsp3) is 0.467. The van der Waals surface area contributed by atoms with Crippen LogP contribution in [0.15, 0.2) is 30.3 Å². The highest BCUT2D eigenvalue weighted by atomic mass is 32.1. The van der Waals surface area contributed by atoms with Crippen molar-refractivity contribution in [2.45, 2.75) is 44.5 Å². The van der Waals surface area contributed by atoms with Gasteiger partial charge in [-0.3, -0.25) is 4.90 Å². The van der Waals surface area contributed by atoms with E-state index in [4.69, 9.17) is 17.0 Å². The average molecular weight is 290 g/mol. The van der Waals surface area contributed by atoms with Gasteiger partial charge in [-0.2, -0.15) is 0 Å². The van der Waals surface area contributed by atoms with Gasteiger partial charge in [-0.05, 0) is 38.6 Å². The number of carbonyl (C=O) groups is 1. The van der Waals surface area contributed by atoms with Gasteiger partial charge < -0.3 is 10.1 Å². The van der Waals surface area contributed by atoms with Crippen molar-refractivity contribution in [3.05, 3.63) is 35.9 Å². The van der Waals surface area contributed by atoms with Crippen LogP contribution in [0.3, 0.4) is 0 Å². The smallest absolute Gasteiger partial charge is 0.335 e. The third-order valence-electron chi connectivity index (χ3n) is 3.86. The molecule has 5 heteroatoms. The maximum atomic E-state index is 12.4. The molecule has 4 nitrogen and oxygen atoms in total. The molecule has 0 spiro atoms. The van der Waals surface area contributed by atoms with Gasteiger partial charge in [-0.25, -0.2) is 4.79 Å². The highest BCUT2D eigenvalue weighted by Gasteiger charge is 2.57. The first-order chi connectivity index (χ1) is 9.32. The molecule has 0 aliphatic carbocycles. The predicted octanol–water partition coefficient (Wildman–Crippen LogP) is 2.36. The topological polar surface area (TPSA) is 41.6 Å². The van der Waals surface area contributed by atoms with Crippen molar-refractivity contribution in [1.29, 1.82) is 0 Å². The molecular formula is C15H18N2O2S. The van der Waals surface area contributed by atoms with Gasteiger partial charge >= 0.3 is 5.97 Å². The van der Waals surface area contributed by atoms with E-state index in [0.29, 0.717) is 11.5 Å². The van der Waals surface area contributed by atoms with Crippen LogP contribution in [0.25, 0.3) is 0 Å². The summed E-state index contributed by atoms with van der Waals surface area (Å²) in [6.45, 7) is 6.06. The van der Waals surface area contributed by atoms with E-state index in [1.54, 1.807) is 0 Å². The second kappa shape index (κ2) is 4.19. The maximum absolute atomic E-state index is 12.4. The second-order valence-corrected chi connectivity index (χ2v) is 6.66. The molecule has 2 fully saturated rings. The van der Waals surface area contributed by atoms with Crippen LogP contribution in [0.4, 0.5) is 0 Å². The molecule has 2 aliphatic heterocycles. The number of hydrogen-bond acceptors (Lipinski definition) is 3. The summed E-state index contributed by atoms with van der Waals surface area (Å²) in [5.74, 6) is -0.236. The molecule has 106 valence electrons. The van der Waals surface area contributed by atoms with Gasteiger partial charge in [-0.1, -0.05) is 30.3 Å². The molecule has 0 unspecified atom stereocenters. The van der Waals surface area contributed by atoms with E-state index < -0.39 is 11.8 Å². The van der Waals surface area contributed by atoms with Gasteiger partial charge in [0.1, 0.15) is 0 Å². The minimum absolute atomic E-state index is 0.186. The molecule has 1 aromatic carbocycles. The number of benzene rings is 1. The van der Waals surface area contributed by atoms with Crippen LogP contribution in [0, 0.1) is 0 Å². The summed E-state index contributed by atoms with van der Waals surface area (Å²) in [4.78, 5) is 14.2. The first-order valence-electron chi connectivity index (χ1n) is 6.72. The van der Waals surface area contributed by atoms with Crippen LogP contribution in [0.1, 0.15) is 38.8 Å². The van der Waals surface area contributed by atoms with Crippen molar-refractivity contribution < 1.29 is 9.53 Å². The summed E-state index contributed by atoms with van der Waals surface area (Å²) in [6, 6.07) is 9.17. The average Bonchev–Trinajstić information content (AvgIpc) is 2.59. The number of nitrogens with one attached hydrogen (secondary N) is 1. The maximum Gasteiger partial charge on any atom is 0.335 e. The van der Waals surface area contributed by atoms with E-state index >= 15 is 0 Å². The minimum Gasteiger partial charge on any atom is -0.437 e. The Labute approximate surface area is 124 Å². The van der Waals surface area contributed by atoms with Crippen molar-refractivity contribution in [1.82, 2.24) is 10.2 Å².